The topological polar surface area (TPSA) is 55.1 Å². The van der Waals surface area contributed by atoms with Crippen LogP contribution in [0.5, 0.6) is 0 Å². The van der Waals surface area contributed by atoms with E-state index in [0.29, 0.717) is 0 Å². The van der Waals surface area contributed by atoms with Crippen LogP contribution in [0, 0.1) is 0 Å². The number of anilines is 1. The summed E-state index contributed by atoms with van der Waals surface area (Å²) in [5.74, 6) is 0.841. The van der Waals surface area contributed by atoms with Crippen LogP contribution in [0.3, 0.4) is 0 Å². The molecule has 0 aliphatic rings. The third kappa shape index (κ3) is 2.44. The molecule has 3 aromatic rings. The molecule has 6 heteroatoms. The van der Waals surface area contributed by atoms with E-state index in [-0.39, 0.29) is 6.04 Å². The number of fused-ring (bicyclic) bond motifs is 1. The second-order valence-electron chi connectivity index (χ2n) is 4.33. The molecule has 0 amide bonds. The fraction of sp³-hybridized carbons (Fsp3) is 0.308. The first kappa shape index (κ1) is 12.1. The van der Waals surface area contributed by atoms with Gasteiger partial charge in [-0.25, -0.2) is 14.5 Å². The van der Waals surface area contributed by atoms with Crippen molar-refractivity contribution in [3.05, 3.63) is 40.6 Å². The molecule has 0 bridgehead atoms. The van der Waals surface area contributed by atoms with Crippen LogP contribution in [0.15, 0.2) is 30.7 Å². The molecule has 19 heavy (non-hydrogen) atoms. The third-order valence-corrected chi connectivity index (χ3v) is 4.24. The fourth-order valence-electron chi connectivity index (χ4n) is 1.86. The first-order chi connectivity index (χ1) is 9.26. The maximum absolute atomic E-state index is 4.49. The van der Waals surface area contributed by atoms with E-state index in [4.69, 9.17) is 0 Å². The monoisotopic (exact) mass is 273 g/mol. The lowest BCUT2D eigenvalue weighted by Gasteiger charge is -2.11. The summed E-state index contributed by atoms with van der Waals surface area (Å²) in [5.41, 5.74) is 0.839. The lowest BCUT2D eigenvalue weighted by atomic mass is 10.3. The minimum Gasteiger partial charge on any atom is -0.361 e. The molecule has 0 aromatic carbocycles. The number of aryl methyl sites for hydroxylation is 1. The summed E-state index contributed by atoms with van der Waals surface area (Å²) in [6.07, 6.45) is 6.62. The minimum atomic E-state index is 0.156. The predicted molar refractivity (Wildman–Crippen MR) is 76.5 cm³/mol. The number of nitrogens with zero attached hydrogens (tertiary/aromatic N) is 4. The molecule has 0 aliphatic carbocycles. The van der Waals surface area contributed by atoms with Gasteiger partial charge in [-0.15, -0.1) is 11.3 Å². The van der Waals surface area contributed by atoms with Gasteiger partial charge in [0.2, 0.25) is 0 Å². The number of hydrogen-bond donors (Lipinski definition) is 1. The summed E-state index contributed by atoms with van der Waals surface area (Å²) in [5, 5.41) is 8.59. The number of nitrogens with one attached hydrogen (secondary N) is 1. The molecule has 1 unspecified atom stereocenters. The predicted octanol–water partition coefficient (Wildman–Crippen LogP) is 2.92. The van der Waals surface area contributed by atoms with Gasteiger partial charge in [-0.3, -0.25) is 0 Å². The van der Waals surface area contributed by atoms with Crippen LogP contribution in [0.1, 0.15) is 29.8 Å². The molecule has 5 nitrogen and oxygen atoms in total. The van der Waals surface area contributed by atoms with Gasteiger partial charge in [0.1, 0.15) is 10.8 Å². The molecule has 0 saturated heterocycles. The zero-order valence-electron chi connectivity index (χ0n) is 10.9. The van der Waals surface area contributed by atoms with E-state index in [1.54, 1.807) is 22.0 Å². The normalized spacial score (nSPS) is 12.7. The average molecular weight is 273 g/mol. The Morgan fingerprint density at radius 3 is 3.11 bits per heavy atom. The largest absolute Gasteiger partial charge is 0.361 e. The van der Waals surface area contributed by atoms with Crippen LogP contribution in [0.25, 0.3) is 5.65 Å². The number of thiazole rings is 1. The number of rotatable bonds is 4. The lowest BCUT2D eigenvalue weighted by Crippen LogP contribution is -2.08. The van der Waals surface area contributed by atoms with E-state index in [0.717, 1.165) is 22.9 Å². The van der Waals surface area contributed by atoms with Crippen molar-refractivity contribution in [3.8, 4) is 0 Å². The second-order valence-corrected chi connectivity index (χ2v) is 5.48. The Balaban J connectivity index is 1.79. The third-order valence-electron chi connectivity index (χ3n) is 2.91. The smallest absolute Gasteiger partial charge is 0.157 e. The van der Waals surface area contributed by atoms with Gasteiger partial charge in [-0.05, 0) is 19.4 Å². The molecule has 1 atom stereocenters. The van der Waals surface area contributed by atoms with Crippen LogP contribution in [0.2, 0.25) is 0 Å². The Bertz CT molecular complexity index is 687. The summed E-state index contributed by atoms with van der Waals surface area (Å²) in [6.45, 7) is 4.24. The van der Waals surface area contributed by atoms with Crippen molar-refractivity contribution in [1.29, 1.82) is 0 Å². The highest BCUT2D eigenvalue weighted by Gasteiger charge is 2.10. The first-order valence-corrected chi connectivity index (χ1v) is 7.09. The highest BCUT2D eigenvalue weighted by atomic mass is 32.1. The average Bonchev–Trinajstić information content (AvgIpc) is 3.06. The fourth-order valence-corrected chi connectivity index (χ4v) is 2.72. The van der Waals surface area contributed by atoms with Crippen molar-refractivity contribution in [2.45, 2.75) is 26.3 Å². The van der Waals surface area contributed by atoms with Gasteiger partial charge >= 0.3 is 0 Å². The van der Waals surface area contributed by atoms with Crippen LogP contribution >= 0.6 is 11.3 Å². The van der Waals surface area contributed by atoms with E-state index >= 15 is 0 Å². The molecule has 0 aliphatic heterocycles. The molecule has 3 rings (SSSR count). The number of aromatic nitrogens is 4. The molecular formula is C13H15N5S. The molecule has 3 aromatic heterocycles. The van der Waals surface area contributed by atoms with Crippen molar-refractivity contribution < 1.29 is 0 Å². The van der Waals surface area contributed by atoms with Crippen LogP contribution < -0.4 is 5.32 Å². The van der Waals surface area contributed by atoms with Crippen LogP contribution in [-0.2, 0) is 6.42 Å². The molecule has 3 heterocycles. The molecule has 98 valence electrons. The van der Waals surface area contributed by atoms with E-state index in [9.17, 15) is 0 Å². The van der Waals surface area contributed by atoms with Crippen LogP contribution in [0.4, 0.5) is 5.82 Å². The maximum Gasteiger partial charge on any atom is 0.157 e. The van der Waals surface area contributed by atoms with Gasteiger partial charge in [-0.1, -0.05) is 6.92 Å². The number of hydrogen-bond acceptors (Lipinski definition) is 5. The standard InChI is InChI=1S/C13H15N5S/c1-3-10-8-14-13(19-10)9(2)16-11-5-7-18-12(17-11)4-6-15-18/h4-9H,3H2,1-2H3,(H,16,17). The van der Waals surface area contributed by atoms with Crippen LogP contribution in [-0.4, -0.2) is 19.6 Å². The molecule has 0 radical (unpaired) electrons. The van der Waals surface area contributed by atoms with Gasteiger partial charge in [0.25, 0.3) is 0 Å². The van der Waals surface area contributed by atoms with Crippen molar-refractivity contribution in [3.63, 3.8) is 0 Å². The summed E-state index contributed by atoms with van der Waals surface area (Å²) < 4.78 is 1.74. The highest BCUT2D eigenvalue weighted by molar-refractivity contribution is 7.11. The van der Waals surface area contributed by atoms with E-state index < -0.39 is 0 Å². The zero-order chi connectivity index (χ0) is 13.2. The SMILES string of the molecule is CCc1cnc(C(C)Nc2ccn3nccc3n2)s1. The van der Waals surface area contributed by atoms with Gasteiger partial charge < -0.3 is 5.32 Å². The molecule has 0 saturated carbocycles. The Labute approximate surface area is 115 Å². The van der Waals surface area contributed by atoms with Crippen molar-refractivity contribution >= 4 is 22.8 Å². The Morgan fingerprint density at radius 2 is 2.32 bits per heavy atom. The van der Waals surface area contributed by atoms with Gasteiger partial charge in [0.05, 0.1) is 12.2 Å². The molecule has 1 N–H and O–H groups in total. The molecule has 0 spiro atoms. The maximum atomic E-state index is 4.49. The minimum absolute atomic E-state index is 0.156. The highest BCUT2D eigenvalue weighted by Crippen LogP contribution is 2.23. The Hall–Kier alpha value is -1.95. The summed E-state index contributed by atoms with van der Waals surface area (Å²) in [7, 11) is 0. The van der Waals surface area contributed by atoms with Crippen molar-refractivity contribution in [2.24, 2.45) is 0 Å². The summed E-state index contributed by atoms with van der Waals surface area (Å²) >= 11 is 1.75. The Morgan fingerprint density at radius 1 is 1.42 bits per heavy atom. The molecular weight excluding hydrogens is 258 g/mol. The lowest BCUT2D eigenvalue weighted by molar-refractivity contribution is 0.854. The van der Waals surface area contributed by atoms with E-state index in [2.05, 4.69) is 34.2 Å². The summed E-state index contributed by atoms with van der Waals surface area (Å²) in [4.78, 5) is 10.2. The second kappa shape index (κ2) is 4.97. The van der Waals surface area contributed by atoms with Crippen molar-refractivity contribution in [2.75, 3.05) is 5.32 Å². The quantitative estimate of drug-likeness (QED) is 0.794. The summed E-state index contributed by atoms with van der Waals surface area (Å²) in [6, 6.07) is 3.96. The van der Waals surface area contributed by atoms with E-state index in [1.165, 1.54) is 4.88 Å². The zero-order valence-corrected chi connectivity index (χ0v) is 11.7. The van der Waals surface area contributed by atoms with Gasteiger partial charge in [0, 0.05) is 23.3 Å². The van der Waals surface area contributed by atoms with Crippen molar-refractivity contribution in [1.82, 2.24) is 19.6 Å². The first-order valence-electron chi connectivity index (χ1n) is 6.28. The molecule has 0 fully saturated rings. The van der Waals surface area contributed by atoms with Gasteiger partial charge in [-0.2, -0.15) is 5.10 Å². The Kier molecular flexibility index (Phi) is 3.16. The van der Waals surface area contributed by atoms with Gasteiger partial charge in [0.15, 0.2) is 5.65 Å². The van der Waals surface area contributed by atoms with E-state index in [1.807, 2.05) is 24.5 Å².